The highest BCUT2D eigenvalue weighted by Crippen LogP contribution is 2.66. The lowest BCUT2D eigenvalue weighted by atomic mass is 9.70. The van der Waals surface area contributed by atoms with E-state index in [0.29, 0.717) is 34.5 Å². The molecule has 0 saturated heterocycles. The number of carbonyl (C=O) groups is 2. The van der Waals surface area contributed by atoms with Crippen LogP contribution in [0, 0.1) is 5.41 Å². The second-order valence-electron chi connectivity index (χ2n) is 9.00. The third kappa shape index (κ3) is 3.50. The van der Waals surface area contributed by atoms with Crippen LogP contribution in [0.1, 0.15) is 74.6 Å². The van der Waals surface area contributed by atoms with Crippen molar-refractivity contribution >= 4 is 29.1 Å². The fourth-order valence-electron chi connectivity index (χ4n) is 4.85. The minimum Gasteiger partial charge on any atom is -0.495 e. The molecule has 0 aliphatic heterocycles. The summed E-state index contributed by atoms with van der Waals surface area (Å²) in [6.07, 6.45) is 2.58. The molecule has 2 atom stereocenters. The Labute approximate surface area is 186 Å². The van der Waals surface area contributed by atoms with E-state index in [1.165, 1.54) is 18.9 Å². The van der Waals surface area contributed by atoms with E-state index < -0.39 is 0 Å². The van der Waals surface area contributed by atoms with Crippen LogP contribution in [0.4, 0.5) is 5.69 Å². The van der Waals surface area contributed by atoms with E-state index in [9.17, 15) is 9.59 Å². The molecule has 1 heterocycles. The minimum atomic E-state index is -0.138. The van der Waals surface area contributed by atoms with Gasteiger partial charge in [-0.2, -0.15) is 5.10 Å². The Bertz CT molecular complexity index is 1060. The molecule has 7 nitrogen and oxygen atoms in total. The lowest BCUT2D eigenvalue weighted by molar-refractivity contribution is -0.115. The molecule has 164 valence electrons. The van der Waals surface area contributed by atoms with Gasteiger partial charge in [-0.3, -0.25) is 9.59 Å². The number of hydrogen-bond donors (Lipinski definition) is 1. The van der Waals surface area contributed by atoms with E-state index in [1.54, 1.807) is 25.1 Å². The summed E-state index contributed by atoms with van der Waals surface area (Å²) in [5.74, 6) is 0.905. The molecule has 2 unspecified atom stereocenters. The summed E-state index contributed by atoms with van der Waals surface area (Å²) in [6.45, 7) is 8.63. The molecule has 2 aromatic rings. The molecule has 1 aromatic carbocycles. The second-order valence-corrected chi connectivity index (χ2v) is 9.94. The molecule has 2 aliphatic rings. The summed E-state index contributed by atoms with van der Waals surface area (Å²) in [6, 6.07) is 5.05. The zero-order valence-electron chi connectivity index (χ0n) is 18.6. The summed E-state index contributed by atoms with van der Waals surface area (Å²) in [4.78, 5) is 29.4. The number of nitrogens with one attached hydrogen (secondary N) is 1. The number of rotatable bonds is 7. The number of fused-ring (bicyclic) bond motifs is 5. The van der Waals surface area contributed by atoms with Crippen molar-refractivity contribution in [3.05, 3.63) is 35.2 Å². The number of aromatic nitrogens is 3. The topological polar surface area (TPSA) is 94.1 Å². The molecule has 1 N–H and O–H groups in total. The van der Waals surface area contributed by atoms with Crippen LogP contribution in [-0.2, 0) is 10.2 Å². The Hall–Kier alpha value is -2.48. The second kappa shape index (κ2) is 7.89. The number of methoxy groups -OCH3 is 1. The lowest BCUT2D eigenvalue weighted by Gasteiger charge is -2.33. The van der Waals surface area contributed by atoms with Crippen LogP contribution in [-0.4, -0.2) is 39.7 Å². The van der Waals surface area contributed by atoms with Gasteiger partial charge in [0, 0.05) is 23.3 Å². The Morgan fingerprint density at radius 3 is 2.74 bits per heavy atom. The van der Waals surface area contributed by atoms with Crippen molar-refractivity contribution < 1.29 is 14.3 Å². The molecule has 31 heavy (non-hydrogen) atoms. The van der Waals surface area contributed by atoms with Crippen LogP contribution in [0.5, 0.6) is 5.75 Å². The standard InChI is InChI=1S/C23H28N4O3S/c1-6-18(29)24-15-11-13(7-8-17(15)30-5)16(28)12-31-21-25-20-19(26-27-21)14-9-10-23(20,4)22(14,2)3/h7-8,11,14H,6,9-10,12H2,1-5H3,(H,24,29). The van der Waals surface area contributed by atoms with Crippen molar-refractivity contribution in [3.63, 3.8) is 0 Å². The molecule has 2 bridgehead atoms. The molecule has 1 saturated carbocycles. The van der Waals surface area contributed by atoms with E-state index in [1.807, 2.05) is 0 Å². The quantitative estimate of drug-likeness (QED) is 0.504. The first-order valence-electron chi connectivity index (χ1n) is 10.6. The number of Topliss-reactive ketones (excluding diaryl/α,β-unsaturated/α-hetero) is 1. The smallest absolute Gasteiger partial charge is 0.224 e. The van der Waals surface area contributed by atoms with Crippen LogP contribution in [0.15, 0.2) is 23.4 Å². The number of carbonyl (C=O) groups excluding carboxylic acids is 2. The van der Waals surface area contributed by atoms with E-state index in [-0.39, 0.29) is 28.3 Å². The molecule has 1 amide bonds. The molecule has 1 fully saturated rings. The number of hydrogen-bond acceptors (Lipinski definition) is 7. The van der Waals surface area contributed by atoms with Crippen LogP contribution in [0.3, 0.4) is 0 Å². The first-order chi connectivity index (χ1) is 14.7. The maximum atomic E-state index is 12.8. The fraction of sp³-hybridized carbons (Fsp3) is 0.522. The number of anilines is 1. The molecule has 1 aromatic heterocycles. The van der Waals surface area contributed by atoms with Gasteiger partial charge in [-0.05, 0) is 36.5 Å². The van der Waals surface area contributed by atoms with Gasteiger partial charge >= 0.3 is 0 Å². The molecule has 2 aliphatic carbocycles. The van der Waals surface area contributed by atoms with Crippen LogP contribution < -0.4 is 10.1 Å². The summed E-state index contributed by atoms with van der Waals surface area (Å²) >= 11 is 1.30. The van der Waals surface area contributed by atoms with Crippen molar-refractivity contribution in [2.45, 2.75) is 63.4 Å². The monoisotopic (exact) mass is 440 g/mol. The van der Waals surface area contributed by atoms with E-state index in [0.717, 1.165) is 24.2 Å². The van der Waals surface area contributed by atoms with Crippen molar-refractivity contribution in [2.75, 3.05) is 18.2 Å². The molecule has 0 spiro atoms. The maximum absolute atomic E-state index is 12.8. The van der Waals surface area contributed by atoms with E-state index >= 15 is 0 Å². The largest absolute Gasteiger partial charge is 0.495 e. The van der Waals surface area contributed by atoms with Crippen LogP contribution >= 0.6 is 11.8 Å². The van der Waals surface area contributed by atoms with Gasteiger partial charge in [0.2, 0.25) is 11.1 Å². The third-order valence-electron chi connectivity index (χ3n) is 7.22. The van der Waals surface area contributed by atoms with Crippen LogP contribution in [0.2, 0.25) is 0 Å². The van der Waals surface area contributed by atoms with Gasteiger partial charge in [-0.25, -0.2) is 4.98 Å². The van der Waals surface area contributed by atoms with E-state index in [2.05, 4.69) is 36.3 Å². The first kappa shape index (κ1) is 21.7. The number of thioether (sulfide) groups is 1. The molecule has 4 rings (SSSR count). The maximum Gasteiger partial charge on any atom is 0.224 e. The Morgan fingerprint density at radius 2 is 2.03 bits per heavy atom. The Kier molecular flexibility index (Phi) is 5.54. The number of amides is 1. The Morgan fingerprint density at radius 1 is 1.26 bits per heavy atom. The number of nitrogens with zero attached hydrogens (tertiary/aromatic N) is 3. The Balaban J connectivity index is 1.49. The lowest BCUT2D eigenvalue weighted by Crippen LogP contribution is -2.32. The molecule has 0 radical (unpaired) electrons. The van der Waals surface area contributed by atoms with Crippen molar-refractivity contribution in [1.82, 2.24) is 15.2 Å². The third-order valence-corrected chi connectivity index (χ3v) is 8.06. The van der Waals surface area contributed by atoms with Gasteiger partial charge in [-0.15, -0.1) is 5.10 Å². The SMILES string of the molecule is CCC(=O)Nc1cc(C(=O)CSc2nnc3c(n2)C2(C)CCC3C2(C)C)ccc1OC. The number of ketones is 1. The van der Waals surface area contributed by atoms with E-state index in [4.69, 9.17) is 9.72 Å². The molecular formula is C23H28N4O3S. The average Bonchev–Trinajstić information content (AvgIpc) is 3.09. The molecular weight excluding hydrogens is 412 g/mol. The van der Waals surface area contributed by atoms with Gasteiger partial charge in [0.05, 0.1) is 29.9 Å². The average molecular weight is 441 g/mol. The summed E-state index contributed by atoms with van der Waals surface area (Å²) in [5.41, 5.74) is 3.20. The van der Waals surface area contributed by atoms with Crippen molar-refractivity contribution in [3.8, 4) is 5.75 Å². The van der Waals surface area contributed by atoms with Crippen LogP contribution in [0.25, 0.3) is 0 Å². The van der Waals surface area contributed by atoms with Gasteiger partial charge in [-0.1, -0.05) is 39.5 Å². The predicted molar refractivity (Wildman–Crippen MR) is 120 cm³/mol. The van der Waals surface area contributed by atoms with Gasteiger partial charge in [0.25, 0.3) is 0 Å². The fourth-order valence-corrected chi connectivity index (χ4v) is 5.54. The summed E-state index contributed by atoms with van der Waals surface area (Å²) < 4.78 is 5.29. The predicted octanol–water partition coefficient (Wildman–Crippen LogP) is 4.38. The zero-order chi connectivity index (χ0) is 22.4. The number of benzene rings is 1. The number of ether oxygens (including phenoxy) is 1. The highest BCUT2D eigenvalue weighted by Gasteiger charge is 2.61. The van der Waals surface area contributed by atoms with Gasteiger partial charge < -0.3 is 10.1 Å². The minimum absolute atomic E-state index is 0.00459. The summed E-state index contributed by atoms with van der Waals surface area (Å²) in [7, 11) is 1.53. The van der Waals surface area contributed by atoms with Gasteiger partial charge in [0.1, 0.15) is 5.75 Å². The summed E-state index contributed by atoms with van der Waals surface area (Å²) in [5, 5.41) is 12.1. The van der Waals surface area contributed by atoms with Crippen molar-refractivity contribution in [2.24, 2.45) is 5.41 Å². The highest BCUT2D eigenvalue weighted by molar-refractivity contribution is 7.99. The normalized spacial score (nSPS) is 22.8. The zero-order valence-corrected chi connectivity index (χ0v) is 19.4. The van der Waals surface area contributed by atoms with Crippen molar-refractivity contribution in [1.29, 1.82) is 0 Å². The first-order valence-corrected chi connectivity index (χ1v) is 11.6. The molecule has 8 heteroatoms. The van der Waals surface area contributed by atoms with Gasteiger partial charge in [0.15, 0.2) is 5.78 Å². The highest BCUT2D eigenvalue weighted by atomic mass is 32.2.